The smallest absolute Gasteiger partial charge is 0.188 e. The van der Waals surface area contributed by atoms with E-state index in [2.05, 4.69) is 38.5 Å². The van der Waals surface area contributed by atoms with Crippen LogP contribution in [0.2, 0.25) is 0 Å². The first-order valence-electron chi connectivity index (χ1n) is 3.31. The summed E-state index contributed by atoms with van der Waals surface area (Å²) in [4.78, 5) is 0. The highest BCUT2D eigenvalue weighted by atomic mass is 127. The summed E-state index contributed by atoms with van der Waals surface area (Å²) in [5.74, 6) is 0.803. The first-order chi connectivity index (χ1) is 5.74. The van der Waals surface area contributed by atoms with Crippen molar-refractivity contribution in [3.05, 3.63) is 26.2 Å². The van der Waals surface area contributed by atoms with Gasteiger partial charge in [0.2, 0.25) is 0 Å². The molecular weight excluding hydrogens is 335 g/mol. The number of ether oxygens (including phenoxy) is 2. The van der Waals surface area contributed by atoms with E-state index < -0.39 is 0 Å². The monoisotopic (exact) mass is 342 g/mol. The molecule has 0 aromatic heterocycles. The molecule has 0 bridgehead atoms. The van der Waals surface area contributed by atoms with Crippen LogP contribution in [0.3, 0.4) is 0 Å². The zero-order valence-electron chi connectivity index (χ0n) is 6.51. The van der Waals surface area contributed by atoms with Crippen LogP contribution in [0.15, 0.2) is 22.7 Å². The Morgan fingerprint density at radius 2 is 2.25 bits per heavy atom. The fourth-order valence-electron chi connectivity index (χ4n) is 0.715. The van der Waals surface area contributed by atoms with Crippen LogP contribution in [0.5, 0.6) is 5.75 Å². The van der Waals surface area contributed by atoms with Crippen molar-refractivity contribution < 1.29 is 9.47 Å². The molecule has 1 aromatic rings. The Morgan fingerprint density at radius 1 is 1.50 bits per heavy atom. The van der Waals surface area contributed by atoms with Crippen molar-refractivity contribution in [2.24, 2.45) is 0 Å². The second-order valence-electron chi connectivity index (χ2n) is 2.13. The lowest BCUT2D eigenvalue weighted by Crippen LogP contribution is -1.99. The molecule has 0 fully saturated rings. The highest BCUT2D eigenvalue weighted by Crippen LogP contribution is 2.26. The lowest BCUT2D eigenvalue weighted by Gasteiger charge is -2.06. The van der Waals surface area contributed by atoms with Crippen molar-refractivity contribution >= 4 is 38.5 Å². The zero-order valence-corrected chi connectivity index (χ0v) is 10.3. The van der Waals surface area contributed by atoms with Gasteiger partial charge in [-0.1, -0.05) is 0 Å². The van der Waals surface area contributed by atoms with Crippen LogP contribution in [0.1, 0.15) is 0 Å². The minimum Gasteiger partial charge on any atom is -0.466 e. The molecule has 0 saturated heterocycles. The Hall–Kier alpha value is 0.190. The van der Waals surface area contributed by atoms with E-state index in [1.54, 1.807) is 7.11 Å². The molecule has 4 heteroatoms. The van der Waals surface area contributed by atoms with E-state index in [-0.39, 0.29) is 6.79 Å². The van der Waals surface area contributed by atoms with Gasteiger partial charge in [-0.25, -0.2) is 0 Å². The molecule has 0 aliphatic heterocycles. The number of halogens is 2. The van der Waals surface area contributed by atoms with Crippen LogP contribution in [-0.4, -0.2) is 13.9 Å². The van der Waals surface area contributed by atoms with Crippen LogP contribution in [0, 0.1) is 3.57 Å². The average Bonchev–Trinajstić information content (AvgIpc) is 2.03. The summed E-state index contributed by atoms with van der Waals surface area (Å²) >= 11 is 5.63. The lowest BCUT2D eigenvalue weighted by molar-refractivity contribution is 0.0506. The number of rotatable bonds is 3. The van der Waals surface area contributed by atoms with Crippen molar-refractivity contribution in [3.8, 4) is 5.75 Å². The predicted molar refractivity (Wildman–Crippen MR) is 59.4 cm³/mol. The van der Waals surface area contributed by atoms with E-state index in [0.29, 0.717) is 0 Å². The quantitative estimate of drug-likeness (QED) is 0.621. The van der Waals surface area contributed by atoms with E-state index in [0.717, 1.165) is 10.2 Å². The molecule has 66 valence electrons. The van der Waals surface area contributed by atoms with Gasteiger partial charge in [0, 0.05) is 10.7 Å². The molecule has 0 N–H and O–H groups in total. The summed E-state index contributed by atoms with van der Waals surface area (Å²) in [6.45, 7) is 0.277. The molecule has 2 nitrogen and oxygen atoms in total. The Labute approximate surface area is 93.5 Å². The molecule has 12 heavy (non-hydrogen) atoms. The largest absolute Gasteiger partial charge is 0.466 e. The fourth-order valence-corrected chi connectivity index (χ4v) is 2.13. The van der Waals surface area contributed by atoms with Crippen LogP contribution in [-0.2, 0) is 4.74 Å². The van der Waals surface area contributed by atoms with E-state index in [1.807, 2.05) is 18.2 Å². The predicted octanol–water partition coefficient (Wildman–Crippen LogP) is 3.04. The molecule has 0 saturated carbocycles. The van der Waals surface area contributed by atoms with Crippen molar-refractivity contribution in [2.75, 3.05) is 13.9 Å². The molecule has 1 aromatic carbocycles. The van der Waals surface area contributed by atoms with Crippen molar-refractivity contribution in [1.29, 1.82) is 0 Å². The van der Waals surface area contributed by atoms with Gasteiger partial charge in [0.25, 0.3) is 0 Å². The van der Waals surface area contributed by atoms with E-state index >= 15 is 0 Å². The van der Waals surface area contributed by atoms with Gasteiger partial charge in [-0.2, -0.15) is 0 Å². The molecule has 0 radical (unpaired) electrons. The van der Waals surface area contributed by atoms with Gasteiger partial charge < -0.3 is 9.47 Å². The topological polar surface area (TPSA) is 18.5 Å². The molecule has 0 unspecified atom stereocenters. The van der Waals surface area contributed by atoms with Crippen molar-refractivity contribution in [3.63, 3.8) is 0 Å². The maximum absolute atomic E-state index is 5.27. The average molecular weight is 343 g/mol. The van der Waals surface area contributed by atoms with Gasteiger partial charge in [0.05, 0.1) is 4.47 Å². The van der Waals surface area contributed by atoms with Crippen LogP contribution in [0.25, 0.3) is 0 Å². The summed E-state index contributed by atoms with van der Waals surface area (Å²) in [5, 5.41) is 0. The molecule has 0 aliphatic carbocycles. The van der Waals surface area contributed by atoms with E-state index in [1.165, 1.54) is 3.57 Å². The Balaban J connectivity index is 2.72. The summed E-state index contributed by atoms with van der Waals surface area (Å²) in [7, 11) is 1.60. The Morgan fingerprint density at radius 3 is 2.83 bits per heavy atom. The minimum atomic E-state index is 0.277. The minimum absolute atomic E-state index is 0.277. The van der Waals surface area contributed by atoms with Gasteiger partial charge in [-0.3, -0.25) is 0 Å². The summed E-state index contributed by atoms with van der Waals surface area (Å²) < 4.78 is 12.2. The van der Waals surface area contributed by atoms with E-state index in [9.17, 15) is 0 Å². The SMILES string of the molecule is COCOc1ccc(I)cc1Br. The lowest BCUT2D eigenvalue weighted by atomic mass is 10.3. The maximum Gasteiger partial charge on any atom is 0.188 e. The van der Waals surface area contributed by atoms with Crippen LogP contribution >= 0.6 is 38.5 Å². The molecule has 0 spiro atoms. The third kappa shape index (κ3) is 2.91. The fraction of sp³-hybridized carbons (Fsp3) is 0.250. The van der Waals surface area contributed by atoms with Gasteiger partial charge in [0.1, 0.15) is 5.75 Å². The number of hydrogen-bond donors (Lipinski definition) is 0. The highest BCUT2D eigenvalue weighted by Gasteiger charge is 1.99. The molecule has 0 atom stereocenters. The maximum atomic E-state index is 5.27. The van der Waals surface area contributed by atoms with Gasteiger partial charge in [-0.05, 0) is 56.7 Å². The molecule has 0 amide bonds. The number of methoxy groups -OCH3 is 1. The second kappa shape index (κ2) is 5.04. The van der Waals surface area contributed by atoms with Gasteiger partial charge >= 0.3 is 0 Å². The highest BCUT2D eigenvalue weighted by molar-refractivity contribution is 14.1. The number of benzene rings is 1. The Kier molecular flexibility index (Phi) is 4.31. The third-order valence-electron chi connectivity index (χ3n) is 1.23. The second-order valence-corrected chi connectivity index (χ2v) is 4.23. The van der Waals surface area contributed by atoms with Crippen molar-refractivity contribution in [2.45, 2.75) is 0 Å². The van der Waals surface area contributed by atoms with Crippen LogP contribution < -0.4 is 4.74 Å². The molecule has 0 aliphatic rings. The van der Waals surface area contributed by atoms with Gasteiger partial charge in [-0.15, -0.1) is 0 Å². The van der Waals surface area contributed by atoms with Crippen molar-refractivity contribution in [1.82, 2.24) is 0 Å². The summed E-state index contributed by atoms with van der Waals surface area (Å²) in [6, 6.07) is 5.88. The molecular formula is C8H8BrIO2. The zero-order chi connectivity index (χ0) is 8.97. The van der Waals surface area contributed by atoms with Crippen LogP contribution in [0.4, 0.5) is 0 Å². The first-order valence-corrected chi connectivity index (χ1v) is 5.18. The van der Waals surface area contributed by atoms with Gasteiger partial charge in [0.15, 0.2) is 6.79 Å². The third-order valence-corrected chi connectivity index (χ3v) is 2.52. The van der Waals surface area contributed by atoms with E-state index in [4.69, 9.17) is 9.47 Å². The number of hydrogen-bond acceptors (Lipinski definition) is 2. The first kappa shape index (κ1) is 10.3. The molecule has 1 rings (SSSR count). The Bertz CT molecular complexity index is 265. The normalized spacial score (nSPS) is 9.92. The summed E-state index contributed by atoms with van der Waals surface area (Å²) in [6.07, 6.45) is 0. The summed E-state index contributed by atoms with van der Waals surface area (Å²) in [5.41, 5.74) is 0. The molecule has 0 heterocycles. The standard InChI is InChI=1S/C8H8BrIO2/c1-11-5-12-8-3-2-6(10)4-7(8)9/h2-4H,5H2,1H3.